The Morgan fingerprint density at radius 1 is 1.35 bits per heavy atom. The predicted octanol–water partition coefficient (Wildman–Crippen LogP) is 1.81. The molecule has 1 aliphatic heterocycles. The van der Waals surface area contributed by atoms with E-state index in [4.69, 9.17) is 22.1 Å². The van der Waals surface area contributed by atoms with Crippen molar-refractivity contribution in [1.29, 1.82) is 0 Å². The summed E-state index contributed by atoms with van der Waals surface area (Å²) in [6.07, 6.45) is 0. The van der Waals surface area contributed by atoms with E-state index >= 15 is 0 Å². The summed E-state index contributed by atoms with van der Waals surface area (Å²) in [6.45, 7) is 3.46. The average molecular weight is 259 g/mol. The van der Waals surface area contributed by atoms with Gasteiger partial charge in [0.05, 0.1) is 13.2 Å². The Morgan fingerprint density at radius 3 is 2.65 bits per heavy atom. The molecule has 1 heterocycles. The predicted molar refractivity (Wildman–Crippen MR) is 65.6 cm³/mol. The lowest BCUT2D eigenvalue weighted by Gasteiger charge is -2.34. The summed E-state index contributed by atoms with van der Waals surface area (Å²) in [7, 11) is 0. The highest BCUT2D eigenvalue weighted by molar-refractivity contribution is 6.30. The maximum Gasteiger partial charge on any atom is 0.125 e. The van der Waals surface area contributed by atoms with Gasteiger partial charge < -0.3 is 10.5 Å². The molecule has 1 atom stereocenters. The standard InChI is InChI=1S/C12H16ClFN2O/c13-10-5-9(6-11(14)7-10)12(8-15)16-1-3-17-4-2-16/h5-7,12H,1-4,8,15H2. The molecule has 94 valence electrons. The third-order valence-corrected chi connectivity index (χ3v) is 3.20. The van der Waals surface area contributed by atoms with Crippen LogP contribution >= 0.6 is 11.6 Å². The van der Waals surface area contributed by atoms with E-state index in [9.17, 15) is 4.39 Å². The van der Waals surface area contributed by atoms with Gasteiger partial charge in [-0.25, -0.2) is 4.39 Å². The molecule has 1 aromatic rings. The monoisotopic (exact) mass is 258 g/mol. The van der Waals surface area contributed by atoms with Crippen molar-refractivity contribution in [3.63, 3.8) is 0 Å². The molecule has 5 heteroatoms. The minimum atomic E-state index is -0.320. The van der Waals surface area contributed by atoms with E-state index in [0.29, 0.717) is 24.8 Å². The normalized spacial score (nSPS) is 19.2. The summed E-state index contributed by atoms with van der Waals surface area (Å²) in [6, 6.07) is 4.58. The molecule has 0 radical (unpaired) electrons. The van der Waals surface area contributed by atoms with Crippen molar-refractivity contribution < 1.29 is 9.13 Å². The van der Waals surface area contributed by atoms with Crippen molar-refractivity contribution in [2.24, 2.45) is 5.73 Å². The molecule has 0 aliphatic carbocycles. The average Bonchev–Trinajstić information content (AvgIpc) is 2.30. The van der Waals surface area contributed by atoms with Crippen LogP contribution in [-0.4, -0.2) is 37.7 Å². The number of hydrogen-bond acceptors (Lipinski definition) is 3. The van der Waals surface area contributed by atoms with E-state index in [1.165, 1.54) is 12.1 Å². The summed E-state index contributed by atoms with van der Waals surface area (Å²) in [5.74, 6) is -0.320. The first kappa shape index (κ1) is 12.8. The van der Waals surface area contributed by atoms with Crippen molar-refractivity contribution in [2.45, 2.75) is 6.04 Å². The van der Waals surface area contributed by atoms with Gasteiger partial charge in [0.15, 0.2) is 0 Å². The molecule has 1 fully saturated rings. The fourth-order valence-corrected chi connectivity index (χ4v) is 2.38. The molecule has 1 aromatic carbocycles. The molecule has 0 saturated carbocycles. The number of benzene rings is 1. The van der Waals surface area contributed by atoms with Gasteiger partial charge in [0.1, 0.15) is 5.82 Å². The number of nitrogens with zero attached hydrogens (tertiary/aromatic N) is 1. The zero-order valence-corrected chi connectivity index (χ0v) is 10.3. The number of rotatable bonds is 3. The molecule has 1 saturated heterocycles. The summed E-state index contributed by atoms with van der Waals surface area (Å²) >= 11 is 5.87. The zero-order valence-electron chi connectivity index (χ0n) is 9.53. The second-order valence-corrected chi connectivity index (χ2v) is 4.54. The van der Waals surface area contributed by atoms with Crippen LogP contribution in [0.1, 0.15) is 11.6 Å². The summed E-state index contributed by atoms with van der Waals surface area (Å²) in [5.41, 5.74) is 6.62. The van der Waals surface area contributed by atoms with Crippen molar-refractivity contribution in [2.75, 3.05) is 32.8 Å². The first-order chi connectivity index (χ1) is 8.20. The van der Waals surface area contributed by atoms with E-state index in [1.54, 1.807) is 6.07 Å². The number of halogens is 2. The van der Waals surface area contributed by atoms with E-state index in [2.05, 4.69) is 4.90 Å². The smallest absolute Gasteiger partial charge is 0.125 e. The molecule has 17 heavy (non-hydrogen) atoms. The van der Waals surface area contributed by atoms with Gasteiger partial charge in [-0.1, -0.05) is 11.6 Å². The fraction of sp³-hybridized carbons (Fsp3) is 0.500. The van der Waals surface area contributed by atoms with E-state index in [1.807, 2.05) is 0 Å². The maximum atomic E-state index is 13.3. The van der Waals surface area contributed by atoms with Gasteiger partial charge in [0, 0.05) is 30.7 Å². The van der Waals surface area contributed by atoms with E-state index in [0.717, 1.165) is 18.7 Å². The summed E-state index contributed by atoms with van der Waals surface area (Å²) in [5, 5.41) is 0.409. The number of hydrogen-bond donors (Lipinski definition) is 1. The van der Waals surface area contributed by atoms with Gasteiger partial charge in [-0.15, -0.1) is 0 Å². The van der Waals surface area contributed by atoms with Crippen LogP contribution < -0.4 is 5.73 Å². The zero-order chi connectivity index (χ0) is 12.3. The van der Waals surface area contributed by atoms with Gasteiger partial charge in [-0.2, -0.15) is 0 Å². The Morgan fingerprint density at radius 2 is 2.06 bits per heavy atom. The minimum Gasteiger partial charge on any atom is -0.379 e. The first-order valence-corrected chi connectivity index (χ1v) is 6.06. The molecule has 0 bridgehead atoms. The molecule has 0 spiro atoms. The lowest BCUT2D eigenvalue weighted by molar-refractivity contribution is 0.0178. The molecule has 2 N–H and O–H groups in total. The van der Waals surface area contributed by atoms with Crippen LogP contribution in [0.15, 0.2) is 18.2 Å². The van der Waals surface area contributed by atoms with Gasteiger partial charge in [0.2, 0.25) is 0 Å². The lowest BCUT2D eigenvalue weighted by Crippen LogP contribution is -2.41. The Kier molecular flexibility index (Phi) is 4.34. The Labute approximate surface area is 105 Å². The third kappa shape index (κ3) is 3.16. The number of ether oxygens (including phenoxy) is 1. The second-order valence-electron chi connectivity index (χ2n) is 4.10. The van der Waals surface area contributed by atoms with Crippen molar-refractivity contribution >= 4 is 11.6 Å². The number of morpholine rings is 1. The van der Waals surface area contributed by atoms with E-state index in [-0.39, 0.29) is 11.9 Å². The topological polar surface area (TPSA) is 38.5 Å². The van der Waals surface area contributed by atoms with Gasteiger partial charge >= 0.3 is 0 Å². The quantitative estimate of drug-likeness (QED) is 0.899. The highest BCUT2D eigenvalue weighted by atomic mass is 35.5. The molecular weight excluding hydrogens is 243 g/mol. The van der Waals surface area contributed by atoms with Crippen LogP contribution in [0.2, 0.25) is 5.02 Å². The van der Waals surface area contributed by atoms with E-state index < -0.39 is 0 Å². The largest absolute Gasteiger partial charge is 0.379 e. The molecule has 1 unspecified atom stereocenters. The lowest BCUT2D eigenvalue weighted by atomic mass is 10.0. The Balaban J connectivity index is 2.21. The van der Waals surface area contributed by atoms with Crippen LogP contribution in [0.25, 0.3) is 0 Å². The molecule has 1 aliphatic rings. The molecule has 0 aromatic heterocycles. The van der Waals surface area contributed by atoms with Crippen LogP contribution in [0.5, 0.6) is 0 Å². The van der Waals surface area contributed by atoms with Crippen LogP contribution in [-0.2, 0) is 4.74 Å². The van der Waals surface area contributed by atoms with Crippen LogP contribution in [0.3, 0.4) is 0 Å². The second kappa shape index (κ2) is 5.78. The Hall–Kier alpha value is -0.680. The summed E-state index contributed by atoms with van der Waals surface area (Å²) < 4.78 is 18.6. The van der Waals surface area contributed by atoms with Crippen molar-refractivity contribution in [3.8, 4) is 0 Å². The highest BCUT2D eigenvalue weighted by Crippen LogP contribution is 2.24. The van der Waals surface area contributed by atoms with Crippen LogP contribution in [0.4, 0.5) is 4.39 Å². The maximum absolute atomic E-state index is 13.3. The van der Waals surface area contributed by atoms with Crippen molar-refractivity contribution in [1.82, 2.24) is 4.90 Å². The molecule has 0 amide bonds. The fourth-order valence-electron chi connectivity index (χ4n) is 2.15. The van der Waals surface area contributed by atoms with Gasteiger partial charge in [-0.05, 0) is 23.8 Å². The highest BCUT2D eigenvalue weighted by Gasteiger charge is 2.21. The minimum absolute atomic E-state index is 0.00657. The summed E-state index contributed by atoms with van der Waals surface area (Å²) in [4.78, 5) is 2.20. The van der Waals surface area contributed by atoms with Crippen LogP contribution in [0, 0.1) is 5.82 Å². The molecular formula is C12H16ClFN2O. The SMILES string of the molecule is NCC(c1cc(F)cc(Cl)c1)N1CCOCC1. The first-order valence-electron chi connectivity index (χ1n) is 5.68. The van der Waals surface area contributed by atoms with Gasteiger partial charge in [0.25, 0.3) is 0 Å². The van der Waals surface area contributed by atoms with Gasteiger partial charge in [-0.3, -0.25) is 4.90 Å². The van der Waals surface area contributed by atoms with Crippen molar-refractivity contribution in [3.05, 3.63) is 34.6 Å². The number of nitrogens with two attached hydrogens (primary N) is 1. The Bertz CT molecular complexity index is 363. The molecule has 2 rings (SSSR count). The molecule has 3 nitrogen and oxygen atoms in total. The third-order valence-electron chi connectivity index (χ3n) is 2.98.